The van der Waals surface area contributed by atoms with Crippen molar-refractivity contribution in [2.75, 3.05) is 13.1 Å². The standard InChI is InChI=1S/C16H24F2N2/c1-5-16(4)11-20(15(2,3)10-19-16)9-12-13(17)7-6-8-14(12)18/h6-8,19H,5,9-11H2,1-4H3. The van der Waals surface area contributed by atoms with Crippen LogP contribution in [0.1, 0.15) is 39.7 Å². The van der Waals surface area contributed by atoms with Gasteiger partial charge in [-0.3, -0.25) is 4.90 Å². The summed E-state index contributed by atoms with van der Waals surface area (Å²) in [5, 5.41) is 3.55. The summed E-state index contributed by atoms with van der Waals surface area (Å²) in [5.74, 6) is -0.921. The van der Waals surface area contributed by atoms with Gasteiger partial charge >= 0.3 is 0 Å². The van der Waals surface area contributed by atoms with E-state index in [4.69, 9.17) is 0 Å². The Balaban J connectivity index is 2.25. The van der Waals surface area contributed by atoms with Gasteiger partial charge in [0.05, 0.1) is 0 Å². The lowest BCUT2D eigenvalue weighted by Gasteiger charge is -2.50. The Morgan fingerprint density at radius 1 is 1.20 bits per heavy atom. The number of nitrogens with zero attached hydrogens (tertiary/aromatic N) is 1. The van der Waals surface area contributed by atoms with Gasteiger partial charge < -0.3 is 5.32 Å². The first kappa shape index (κ1) is 15.4. The third-order valence-electron chi connectivity index (χ3n) is 4.53. The van der Waals surface area contributed by atoms with Crippen LogP contribution in [0.2, 0.25) is 0 Å². The first-order chi connectivity index (χ1) is 9.27. The monoisotopic (exact) mass is 282 g/mol. The average Bonchev–Trinajstić information content (AvgIpc) is 2.39. The van der Waals surface area contributed by atoms with Crippen LogP contribution in [-0.2, 0) is 6.54 Å². The summed E-state index contributed by atoms with van der Waals surface area (Å²) >= 11 is 0. The van der Waals surface area contributed by atoms with Crippen LogP contribution in [0, 0.1) is 11.6 Å². The molecule has 112 valence electrons. The van der Waals surface area contributed by atoms with Gasteiger partial charge in [-0.05, 0) is 39.3 Å². The molecule has 0 radical (unpaired) electrons. The van der Waals surface area contributed by atoms with Gasteiger partial charge in [-0.25, -0.2) is 8.78 Å². The second-order valence-electron chi connectivity index (χ2n) is 6.64. The molecule has 0 bridgehead atoms. The summed E-state index contributed by atoms with van der Waals surface area (Å²) in [4.78, 5) is 2.18. The van der Waals surface area contributed by atoms with Crippen LogP contribution in [0.25, 0.3) is 0 Å². The summed E-state index contributed by atoms with van der Waals surface area (Å²) in [6.45, 7) is 10.4. The van der Waals surface area contributed by atoms with E-state index in [1.165, 1.54) is 18.2 Å². The van der Waals surface area contributed by atoms with Crippen molar-refractivity contribution in [1.82, 2.24) is 10.2 Å². The molecule has 0 saturated carbocycles. The van der Waals surface area contributed by atoms with Crippen molar-refractivity contribution in [3.63, 3.8) is 0 Å². The Morgan fingerprint density at radius 2 is 1.80 bits per heavy atom. The zero-order chi connectivity index (χ0) is 15.0. The Bertz CT molecular complexity index is 467. The molecule has 1 aromatic carbocycles. The van der Waals surface area contributed by atoms with Gasteiger partial charge in [0.1, 0.15) is 11.6 Å². The fourth-order valence-corrected chi connectivity index (χ4v) is 2.61. The molecule has 1 N–H and O–H groups in total. The van der Waals surface area contributed by atoms with Crippen molar-refractivity contribution in [1.29, 1.82) is 0 Å². The molecule has 1 aromatic rings. The summed E-state index contributed by atoms with van der Waals surface area (Å²) in [6, 6.07) is 4.06. The molecule has 1 aliphatic heterocycles. The van der Waals surface area contributed by atoms with Gasteiger partial charge in [0.2, 0.25) is 0 Å². The van der Waals surface area contributed by atoms with E-state index in [1.54, 1.807) is 0 Å². The van der Waals surface area contributed by atoms with Gasteiger partial charge in [0, 0.05) is 36.3 Å². The predicted molar refractivity (Wildman–Crippen MR) is 77.5 cm³/mol. The van der Waals surface area contributed by atoms with E-state index in [-0.39, 0.29) is 16.6 Å². The Hall–Kier alpha value is -1.00. The second-order valence-corrected chi connectivity index (χ2v) is 6.64. The highest BCUT2D eigenvalue weighted by molar-refractivity contribution is 5.20. The van der Waals surface area contributed by atoms with Crippen molar-refractivity contribution in [2.24, 2.45) is 0 Å². The zero-order valence-corrected chi connectivity index (χ0v) is 12.8. The largest absolute Gasteiger partial charge is 0.308 e. The normalized spacial score (nSPS) is 26.7. The maximum Gasteiger partial charge on any atom is 0.130 e. The molecule has 20 heavy (non-hydrogen) atoms. The van der Waals surface area contributed by atoms with Crippen LogP contribution in [-0.4, -0.2) is 29.1 Å². The van der Waals surface area contributed by atoms with Crippen LogP contribution >= 0.6 is 0 Å². The molecule has 2 nitrogen and oxygen atoms in total. The number of halogens is 2. The van der Waals surface area contributed by atoms with Gasteiger partial charge in [0.25, 0.3) is 0 Å². The highest BCUT2D eigenvalue weighted by Crippen LogP contribution is 2.28. The van der Waals surface area contributed by atoms with Crippen molar-refractivity contribution >= 4 is 0 Å². The number of benzene rings is 1. The molecule has 0 spiro atoms. The van der Waals surface area contributed by atoms with Crippen LogP contribution in [0.5, 0.6) is 0 Å². The SMILES string of the molecule is CCC1(C)CN(Cc2c(F)cccc2F)C(C)(C)CN1. The van der Waals surface area contributed by atoms with E-state index >= 15 is 0 Å². The number of rotatable bonds is 3. The van der Waals surface area contributed by atoms with Crippen LogP contribution in [0.15, 0.2) is 18.2 Å². The molecule has 1 fully saturated rings. The van der Waals surface area contributed by atoms with E-state index in [9.17, 15) is 8.78 Å². The predicted octanol–water partition coefficient (Wildman–Crippen LogP) is 3.32. The first-order valence-corrected chi connectivity index (χ1v) is 7.20. The lowest BCUT2D eigenvalue weighted by Crippen LogP contribution is -2.66. The van der Waals surface area contributed by atoms with Gasteiger partial charge in [-0.15, -0.1) is 0 Å². The fraction of sp³-hybridized carbons (Fsp3) is 0.625. The van der Waals surface area contributed by atoms with Gasteiger partial charge in [-0.2, -0.15) is 0 Å². The van der Waals surface area contributed by atoms with E-state index < -0.39 is 11.6 Å². The summed E-state index contributed by atoms with van der Waals surface area (Å²) < 4.78 is 27.7. The topological polar surface area (TPSA) is 15.3 Å². The smallest absolute Gasteiger partial charge is 0.130 e. The van der Waals surface area contributed by atoms with Gasteiger partial charge in [0.15, 0.2) is 0 Å². The summed E-state index contributed by atoms with van der Waals surface area (Å²) in [7, 11) is 0. The molecule has 1 saturated heterocycles. The lowest BCUT2D eigenvalue weighted by atomic mass is 9.88. The van der Waals surface area contributed by atoms with Crippen molar-refractivity contribution in [3.8, 4) is 0 Å². The third kappa shape index (κ3) is 3.01. The number of hydrogen-bond acceptors (Lipinski definition) is 2. The molecular formula is C16H24F2N2. The maximum absolute atomic E-state index is 13.8. The van der Waals surface area contributed by atoms with E-state index in [2.05, 4.69) is 37.9 Å². The molecule has 1 aliphatic rings. The molecular weight excluding hydrogens is 258 g/mol. The minimum atomic E-state index is -0.461. The molecule has 1 atom stereocenters. The molecule has 0 aliphatic carbocycles. The number of piperazine rings is 1. The summed E-state index contributed by atoms with van der Waals surface area (Å²) in [6.07, 6.45) is 0.985. The highest BCUT2D eigenvalue weighted by atomic mass is 19.1. The van der Waals surface area contributed by atoms with Crippen LogP contribution in [0.4, 0.5) is 8.78 Å². The van der Waals surface area contributed by atoms with Crippen LogP contribution < -0.4 is 5.32 Å². The second kappa shape index (κ2) is 5.41. The van der Waals surface area contributed by atoms with E-state index in [1.807, 2.05) is 0 Å². The fourth-order valence-electron chi connectivity index (χ4n) is 2.61. The third-order valence-corrected chi connectivity index (χ3v) is 4.53. The highest BCUT2D eigenvalue weighted by Gasteiger charge is 2.39. The summed E-state index contributed by atoms with van der Waals surface area (Å²) in [5.41, 5.74) is 0.0432. The van der Waals surface area contributed by atoms with Crippen molar-refractivity contribution in [3.05, 3.63) is 35.4 Å². The quantitative estimate of drug-likeness (QED) is 0.915. The molecule has 2 rings (SSSR count). The minimum Gasteiger partial charge on any atom is -0.308 e. The minimum absolute atomic E-state index is 0.00273. The van der Waals surface area contributed by atoms with E-state index in [0.29, 0.717) is 6.54 Å². The molecule has 0 amide bonds. The molecule has 0 aromatic heterocycles. The zero-order valence-electron chi connectivity index (χ0n) is 12.8. The molecule has 1 unspecified atom stereocenters. The molecule has 4 heteroatoms. The Labute approximate surface area is 120 Å². The van der Waals surface area contributed by atoms with Crippen molar-refractivity contribution < 1.29 is 8.78 Å². The first-order valence-electron chi connectivity index (χ1n) is 7.20. The lowest BCUT2D eigenvalue weighted by molar-refractivity contribution is 0.0230. The average molecular weight is 282 g/mol. The van der Waals surface area contributed by atoms with Crippen LogP contribution in [0.3, 0.4) is 0 Å². The molecule has 1 heterocycles. The number of hydrogen-bond donors (Lipinski definition) is 1. The Morgan fingerprint density at radius 3 is 2.35 bits per heavy atom. The Kier molecular flexibility index (Phi) is 4.17. The maximum atomic E-state index is 13.8. The van der Waals surface area contributed by atoms with Crippen molar-refractivity contribution in [2.45, 2.75) is 51.7 Å². The van der Waals surface area contributed by atoms with E-state index in [0.717, 1.165) is 19.5 Å². The van der Waals surface area contributed by atoms with Gasteiger partial charge in [-0.1, -0.05) is 13.0 Å². The number of nitrogens with one attached hydrogen (secondary N) is 1.